The minimum atomic E-state index is -0.950. The van der Waals surface area contributed by atoms with Crippen molar-refractivity contribution in [3.63, 3.8) is 0 Å². The van der Waals surface area contributed by atoms with E-state index in [4.69, 9.17) is 9.84 Å². The predicted octanol–water partition coefficient (Wildman–Crippen LogP) is 3.25. The van der Waals surface area contributed by atoms with Crippen LogP contribution in [-0.2, 0) is 9.53 Å². The molecule has 5 nitrogen and oxygen atoms in total. The van der Waals surface area contributed by atoms with Crippen LogP contribution in [0.25, 0.3) is 11.1 Å². The molecule has 1 aliphatic carbocycles. The minimum Gasteiger partial charge on any atom is -0.481 e. The molecule has 0 fully saturated rings. The van der Waals surface area contributed by atoms with Crippen LogP contribution in [0.5, 0.6) is 0 Å². The first-order valence-corrected chi connectivity index (χ1v) is 7.89. The summed E-state index contributed by atoms with van der Waals surface area (Å²) in [6.07, 6.45) is -0.593. The zero-order chi connectivity index (χ0) is 17.1. The molecule has 0 saturated heterocycles. The molecule has 2 aromatic rings. The van der Waals surface area contributed by atoms with E-state index in [9.17, 15) is 9.59 Å². The number of carbonyl (C=O) groups is 2. The number of nitrogens with one attached hydrogen (secondary N) is 1. The number of carboxylic acids is 1. The summed E-state index contributed by atoms with van der Waals surface area (Å²) in [6.45, 7) is 1.80. The molecule has 3 rings (SSSR count). The van der Waals surface area contributed by atoms with Crippen molar-refractivity contribution >= 4 is 12.1 Å². The lowest BCUT2D eigenvalue weighted by Crippen LogP contribution is -2.32. The summed E-state index contributed by atoms with van der Waals surface area (Å²) in [6, 6.07) is 16.2. The van der Waals surface area contributed by atoms with Crippen LogP contribution in [-0.4, -0.2) is 30.3 Å². The summed E-state index contributed by atoms with van der Waals surface area (Å²) < 4.78 is 5.33. The number of alkyl carbamates (subject to hydrolysis) is 1. The summed E-state index contributed by atoms with van der Waals surface area (Å²) in [5.74, 6) is -1.60. The number of ether oxygens (including phenoxy) is 1. The Labute approximate surface area is 140 Å². The average Bonchev–Trinajstić information content (AvgIpc) is 2.92. The van der Waals surface area contributed by atoms with Crippen LogP contribution in [0.4, 0.5) is 4.79 Å². The van der Waals surface area contributed by atoms with Crippen molar-refractivity contribution < 1.29 is 19.4 Å². The summed E-state index contributed by atoms with van der Waals surface area (Å²) in [7, 11) is 0. The lowest BCUT2D eigenvalue weighted by molar-refractivity contribution is -0.140. The zero-order valence-electron chi connectivity index (χ0n) is 13.4. The van der Waals surface area contributed by atoms with Gasteiger partial charge in [0.15, 0.2) is 0 Å². The van der Waals surface area contributed by atoms with Crippen LogP contribution in [0.15, 0.2) is 48.5 Å². The van der Waals surface area contributed by atoms with Gasteiger partial charge in [-0.25, -0.2) is 4.79 Å². The average molecular weight is 325 g/mol. The molecule has 2 N–H and O–H groups in total. The van der Waals surface area contributed by atoms with Crippen molar-refractivity contribution in [1.82, 2.24) is 5.32 Å². The maximum Gasteiger partial charge on any atom is 0.407 e. The van der Waals surface area contributed by atoms with Crippen molar-refractivity contribution in [3.05, 3.63) is 59.7 Å². The molecule has 0 saturated carbocycles. The molecule has 0 bridgehead atoms. The Kier molecular flexibility index (Phi) is 4.51. The van der Waals surface area contributed by atoms with E-state index >= 15 is 0 Å². The summed E-state index contributed by atoms with van der Waals surface area (Å²) in [4.78, 5) is 22.6. The fraction of sp³-hybridized carbons (Fsp3) is 0.263. The molecule has 0 aliphatic heterocycles. The molecule has 24 heavy (non-hydrogen) atoms. The van der Waals surface area contributed by atoms with E-state index in [1.54, 1.807) is 0 Å². The first-order chi connectivity index (χ1) is 11.6. The van der Waals surface area contributed by atoms with Crippen LogP contribution >= 0.6 is 0 Å². The molecule has 5 heteroatoms. The third kappa shape index (κ3) is 3.11. The number of hydrogen-bond acceptors (Lipinski definition) is 3. The number of aliphatic carboxylic acids is 1. The van der Waals surface area contributed by atoms with E-state index in [1.807, 2.05) is 36.4 Å². The highest BCUT2D eigenvalue weighted by Crippen LogP contribution is 2.44. The second kappa shape index (κ2) is 6.74. The number of carbonyl (C=O) groups excluding carboxylic acids is 1. The van der Waals surface area contributed by atoms with E-state index in [0.717, 1.165) is 11.1 Å². The van der Waals surface area contributed by atoms with Gasteiger partial charge in [-0.2, -0.15) is 0 Å². The van der Waals surface area contributed by atoms with E-state index in [-0.39, 0.29) is 19.1 Å². The van der Waals surface area contributed by atoms with Gasteiger partial charge in [-0.05, 0) is 22.3 Å². The summed E-state index contributed by atoms with van der Waals surface area (Å²) in [5, 5.41) is 11.3. The van der Waals surface area contributed by atoms with Gasteiger partial charge in [0.25, 0.3) is 0 Å². The second-order valence-corrected chi connectivity index (χ2v) is 5.95. The molecule has 0 unspecified atom stereocenters. The Hall–Kier alpha value is -2.82. The number of amides is 1. The van der Waals surface area contributed by atoms with Gasteiger partial charge in [-0.3, -0.25) is 4.79 Å². The Morgan fingerprint density at radius 3 is 2.17 bits per heavy atom. The van der Waals surface area contributed by atoms with E-state index < -0.39 is 18.0 Å². The monoisotopic (exact) mass is 325 g/mol. The molecule has 1 amide bonds. The van der Waals surface area contributed by atoms with Crippen LogP contribution < -0.4 is 5.32 Å². The van der Waals surface area contributed by atoms with Gasteiger partial charge in [-0.1, -0.05) is 55.5 Å². The zero-order valence-corrected chi connectivity index (χ0v) is 13.4. The van der Waals surface area contributed by atoms with Gasteiger partial charge in [0.05, 0.1) is 5.92 Å². The molecule has 1 atom stereocenters. The van der Waals surface area contributed by atoms with Gasteiger partial charge >= 0.3 is 12.1 Å². The molecule has 0 heterocycles. The second-order valence-electron chi connectivity index (χ2n) is 5.95. The molecule has 124 valence electrons. The third-order valence-corrected chi connectivity index (χ3v) is 4.32. The van der Waals surface area contributed by atoms with E-state index in [2.05, 4.69) is 17.4 Å². The Morgan fingerprint density at radius 1 is 1.08 bits per heavy atom. The number of hydrogen-bond donors (Lipinski definition) is 2. The highest BCUT2D eigenvalue weighted by molar-refractivity contribution is 5.79. The molecular weight excluding hydrogens is 306 g/mol. The Balaban J connectivity index is 1.67. The van der Waals surface area contributed by atoms with Crippen molar-refractivity contribution in [3.8, 4) is 11.1 Å². The SMILES string of the molecule is C[C@H](CNC(=O)OCC1c2ccccc2-c2ccccc21)C(=O)O. The van der Waals surface area contributed by atoms with Crippen molar-refractivity contribution in [1.29, 1.82) is 0 Å². The summed E-state index contributed by atoms with van der Waals surface area (Å²) in [5.41, 5.74) is 4.62. The lowest BCUT2D eigenvalue weighted by Gasteiger charge is -2.15. The maximum atomic E-state index is 11.8. The van der Waals surface area contributed by atoms with Gasteiger partial charge in [0.2, 0.25) is 0 Å². The first kappa shape index (κ1) is 16.1. The molecule has 0 radical (unpaired) electrons. The molecule has 0 aromatic heterocycles. The minimum absolute atomic E-state index is 0.0000437. The van der Waals surface area contributed by atoms with Crippen molar-refractivity contribution in [2.24, 2.45) is 5.92 Å². The Morgan fingerprint density at radius 2 is 1.62 bits per heavy atom. The first-order valence-electron chi connectivity index (χ1n) is 7.89. The molecular formula is C19H19NO4. The molecule has 2 aromatic carbocycles. The van der Waals surface area contributed by atoms with Crippen LogP contribution in [0.2, 0.25) is 0 Å². The highest BCUT2D eigenvalue weighted by atomic mass is 16.5. The van der Waals surface area contributed by atoms with Crippen molar-refractivity contribution in [2.45, 2.75) is 12.8 Å². The van der Waals surface area contributed by atoms with Crippen LogP contribution in [0.3, 0.4) is 0 Å². The summed E-state index contributed by atoms with van der Waals surface area (Å²) >= 11 is 0. The number of rotatable bonds is 5. The highest BCUT2D eigenvalue weighted by Gasteiger charge is 2.29. The number of fused-ring (bicyclic) bond motifs is 3. The predicted molar refractivity (Wildman–Crippen MR) is 89.9 cm³/mol. The lowest BCUT2D eigenvalue weighted by atomic mass is 9.98. The van der Waals surface area contributed by atoms with Crippen molar-refractivity contribution in [2.75, 3.05) is 13.2 Å². The largest absolute Gasteiger partial charge is 0.481 e. The smallest absolute Gasteiger partial charge is 0.407 e. The van der Waals surface area contributed by atoms with Crippen LogP contribution in [0.1, 0.15) is 24.0 Å². The van der Waals surface area contributed by atoms with Crippen LogP contribution in [0, 0.1) is 5.92 Å². The Bertz CT molecular complexity index is 726. The standard InChI is InChI=1S/C19H19NO4/c1-12(18(21)22)10-20-19(23)24-11-17-15-8-4-2-6-13(15)14-7-3-5-9-16(14)17/h2-9,12,17H,10-11H2,1H3,(H,20,23)(H,21,22)/t12-/m1/s1. The van der Waals surface area contributed by atoms with Gasteiger partial charge in [0, 0.05) is 12.5 Å². The number of benzene rings is 2. The normalized spacial score (nSPS) is 13.7. The maximum absolute atomic E-state index is 11.8. The topological polar surface area (TPSA) is 75.6 Å². The fourth-order valence-corrected chi connectivity index (χ4v) is 2.97. The van der Waals surface area contributed by atoms with E-state index in [1.165, 1.54) is 18.1 Å². The quantitative estimate of drug-likeness (QED) is 0.885. The molecule has 0 spiro atoms. The van der Waals surface area contributed by atoms with E-state index in [0.29, 0.717) is 0 Å². The van der Waals surface area contributed by atoms with Gasteiger partial charge < -0.3 is 15.2 Å². The number of carboxylic acid groups (broad SMARTS) is 1. The van der Waals surface area contributed by atoms with Gasteiger partial charge in [-0.15, -0.1) is 0 Å². The third-order valence-electron chi connectivity index (χ3n) is 4.32. The fourth-order valence-electron chi connectivity index (χ4n) is 2.97. The van der Waals surface area contributed by atoms with Gasteiger partial charge in [0.1, 0.15) is 6.61 Å². The molecule has 1 aliphatic rings.